The van der Waals surface area contributed by atoms with Crippen LogP contribution in [0.3, 0.4) is 0 Å². The monoisotopic (exact) mass is 532 g/mol. The summed E-state index contributed by atoms with van der Waals surface area (Å²) in [6, 6.07) is 9.52. The van der Waals surface area contributed by atoms with Gasteiger partial charge in [-0.3, -0.25) is 9.36 Å². The highest BCUT2D eigenvalue weighted by Gasteiger charge is 2.35. The topological polar surface area (TPSA) is 79.1 Å². The highest BCUT2D eigenvalue weighted by Crippen LogP contribution is 2.37. The molecule has 1 atom stereocenters. The van der Waals surface area contributed by atoms with Gasteiger partial charge < -0.3 is 14.2 Å². The Morgan fingerprint density at radius 3 is 2.57 bits per heavy atom. The van der Waals surface area contributed by atoms with Crippen LogP contribution in [0.5, 0.6) is 11.5 Å². The van der Waals surface area contributed by atoms with Gasteiger partial charge in [0.15, 0.2) is 4.80 Å². The highest BCUT2D eigenvalue weighted by atomic mass is 35.5. The van der Waals surface area contributed by atoms with E-state index >= 15 is 0 Å². The molecular formula is C25H22Cl2N2O5S. The van der Waals surface area contributed by atoms with Crippen LogP contribution in [0.15, 0.2) is 57.5 Å². The summed E-state index contributed by atoms with van der Waals surface area (Å²) in [5, 5.41) is 0.879. The molecule has 4 rings (SSSR count). The average molecular weight is 533 g/mol. The number of fused-ring (bicyclic) bond motifs is 1. The fraction of sp³-hybridized carbons (Fsp3) is 0.240. The Balaban J connectivity index is 1.96. The molecule has 0 saturated heterocycles. The molecule has 7 nitrogen and oxygen atoms in total. The van der Waals surface area contributed by atoms with E-state index in [9.17, 15) is 9.59 Å². The van der Waals surface area contributed by atoms with Gasteiger partial charge in [0, 0.05) is 10.6 Å². The van der Waals surface area contributed by atoms with Gasteiger partial charge in [0.1, 0.15) is 17.5 Å². The summed E-state index contributed by atoms with van der Waals surface area (Å²) in [6.07, 6.45) is 1.73. The van der Waals surface area contributed by atoms with Crippen LogP contribution in [-0.2, 0) is 9.53 Å². The number of methoxy groups -OCH3 is 2. The second-order valence-corrected chi connectivity index (χ2v) is 9.44. The number of allylic oxidation sites excluding steroid dienone is 1. The summed E-state index contributed by atoms with van der Waals surface area (Å²) >= 11 is 13.8. The molecule has 0 unspecified atom stereocenters. The number of ether oxygens (including phenoxy) is 3. The first kappa shape index (κ1) is 25.0. The molecule has 0 aliphatic carbocycles. The second-order valence-electron chi connectivity index (χ2n) is 7.58. The van der Waals surface area contributed by atoms with Crippen LogP contribution in [0, 0.1) is 0 Å². The zero-order valence-electron chi connectivity index (χ0n) is 19.4. The van der Waals surface area contributed by atoms with Crippen molar-refractivity contribution in [2.24, 2.45) is 4.99 Å². The lowest BCUT2D eigenvalue weighted by Gasteiger charge is -2.25. The third kappa shape index (κ3) is 4.74. The van der Waals surface area contributed by atoms with E-state index in [1.165, 1.54) is 30.1 Å². The lowest BCUT2D eigenvalue weighted by molar-refractivity contribution is -0.136. The van der Waals surface area contributed by atoms with Crippen molar-refractivity contribution < 1.29 is 19.0 Å². The summed E-state index contributed by atoms with van der Waals surface area (Å²) in [5.41, 5.74) is 1.63. The molecule has 0 fully saturated rings. The molecule has 0 spiro atoms. The van der Waals surface area contributed by atoms with Crippen molar-refractivity contribution in [2.45, 2.75) is 19.9 Å². The van der Waals surface area contributed by atoms with Crippen molar-refractivity contribution in [3.05, 3.63) is 88.5 Å². The van der Waals surface area contributed by atoms with Crippen molar-refractivity contribution in [3.63, 3.8) is 0 Å². The van der Waals surface area contributed by atoms with Crippen molar-refractivity contribution in [1.29, 1.82) is 0 Å². The van der Waals surface area contributed by atoms with Gasteiger partial charge in [-0.1, -0.05) is 40.6 Å². The van der Waals surface area contributed by atoms with Crippen molar-refractivity contribution in [1.82, 2.24) is 4.57 Å². The molecule has 1 aliphatic rings. The Kier molecular flexibility index (Phi) is 7.35. The van der Waals surface area contributed by atoms with E-state index in [-0.39, 0.29) is 11.1 Å². The summed E-state index contributed by atoms with van der Waals surface area (Å²) in [7, 11) is 2.80. The van der Waals surface area contributed by atoms with E-state index in [1.54, 1.807) is 43.3 Å². The van der Waals surface area contributed by atoms with Gasteiger partial charge in [-0.2, -0.15) is 0 Å². The molecule has 0 bridgehead atoms. The van der Waals surface area contributed by atoms with Crippen molar-refractivity contribution in [2.75, 3.05) is 20.8 Å². The minimum atomic E-state index is -0.835. The first-order chi connectivity index (χ1) is 16.8. The second kappa shape index (κ2) is 10.3. The lowest BCUT2D eigenvalue weighted by atomic mass is 9.95. The highest BCUT2D eigenvalue weighted by molar-refractivity contribution is 7.07. The standard InChI is InChI=1S/C25H22Cl2N2O5S/c1-5-34-19-8-6-14(10-17(19)27)11-20-23(30)29-22(16-12-15(26)7-9-18(16)32-3)21(24(31)33-4)13(2)28-25(29)35-20/h6-12,22H,5H2,1-4H3/b20-11-/t22-/m0/s1. The molecule has 35 heavy (non-hydrogen) atoms. The molecule has 182 valence electrons. The molecule has 0 N–H and O–H groups in total. The number of thiazole rings is 1. The number of hydrogen-bond acceptors (Lipinski definition) is 7. The molecule has 1 aliphatic heterocycles. The third-order valence-corrected chi connectivity index (χ3v) is 6.98. The van der Waals surface area contributed by atoms with Crippen LogP contribution in [0.2, 0.25) is 10.0 Å². The predicted octanol–water partition coefficient (Wildman–Crippen LogP) is 4.12. The van der Waals surface area contributed by atoms with Gasteiger partial charge in [-0.05, 0) is 55.8 Å². The average Bonchev–Trinajstić information content (AvgIpc) is 3.13. The maximum Gasteiger partial charge on any atom is 0.338 e. The van der Waals surface area contributed by atoms with Crippen LogP contribution in [-0.4, -0.2) is 31.4 Å². The summed E-state index contributed by atoms with van der Waals surface area (Å²) in [4.78, 5) is 31.5. The summed E-state index contributed by atoms with van der Waals surface area (Å²) < 4.78 is 18.0. The fourth-order valence-electron chi connectivity index (χ4n) is 3.94. The van der Waals surface area contributed by atoms with Crippen LogP contribution in [0.25, 0.3) is 6.08 Å². The summed E-state index contributed by atoms with van der Waals surface area (Å²) in [6.45, 7) is 4.08. The third-order valence-electron chi connectivity index (χ3n) is 5.47. The Hall–Kier alpha value is -3.07. The zero-order chi connectivity index (χ0) is 25.3. The van der Waals surface area contributed by atoms with Gasteiger partial charge in [-0.15, -0.1) is 0 Å². The Morgan fingerprint density at radius 1 is 1.17 bits per heavy atom. The molecule has 0 amide bonds. The zero-order valence-corrected chi connectivity index (χ0v) is 21.8. The number of aromatic nitrogens is 1. The minimum Gasteiger partial charge on any atom is -0.496 e. The molecular weight excluding hydrogens is 511 g/mol. The largest absolute Gasteiger partial charge is 0.496 e. The normalized spacial score (nSPS) is 15.5. The van der Waals surface area contributed by atoms with E-state index in [4.69, 9.17) is 37.4 Å². The SMILES string of the molecule is CCOc1ccc(/C=c2\sc3n(c2=O)[C@@H](c2cc(Cl)ccc2OC)C(C(=O)OC)=C(C)N=3)cc1Cl. The fourth-order valence-corrected chi connectivity index (χ4v) is 5.41. The van der Waals surface area contributed by atoms with Crippen LogP contribution in [0.1, 0.15) is 31.0 Å². The molecule has 0 radical (unpaired) electrons. The van der Waals surface area contributed by atoms with Gasteiger partial charge in [0.05, 0.1) is 41.7 Å². The first-order valence-electron chi connectivity index (χ1n) is 10.7. The number of rotatable bonds is 6. The quantitative estimate of drug-likeness (QED) is 0.446. The van der Waals surface area contributed by atoms with E-state index in [0.717, 1.165) is 5.56 Å². The first-order valence-corrected chi connectivity index (χ1v) is 12.2. The van der Waals surface area contributed by atoms with Crippen LogP contribution < -0.4 is 24.4 Å². The molecule has 0 saturated carbocycles. The van der Waals surface area contributed by atoms with Crippen LogP contribution in [0.4, 0.5) is 0 Å². The van der Waals surface area contributed by atoms with E-state index in [2.05, 4.69) is 4.99 Å². The molecule has 1 aromatic heterocycles. The number of nitrogens with zero attached hydrogens (tertiary/aromatic N) is 2. The van der Waals surface area contributed by atoms with E-state index in [0.29, 0.717) is 48.7 Å². The molecule has 10 heteroatoms. The Bertz CT molecular complexity index is 1520. The smallest absolute Gasteiger partial charge is 0.338 e. The number of benzene rings is 2. The molecule has 2 aromatic carbocycles. The lowest BCUT2D eigenvalue weighted by Crippen LogP contribution is -2.40. The maximum atomic E-state index is 13.7. The number of carbonyl (C=O) groups excluding carboxylic acids is 1. The van der Waals surface area contributed by atoms with Crippen molar-refractivity contribution >= 4 is 46.6 Å². The molecule has 3 aromatic rings. The number of halogens is 2. The van der Waals surface area contributed by atoms with Gasteiger partial charge in [0.25, 0.3) is 5.56 Å². The van der Waals surface area contributed by atoms with Gasteiger partial charge >= 0.3 is 5.97 Å². The van der Waals surface area contributed by atoms with Crippen LogP contribution >= 0.6 is 34.5 Å². The Morgan fingerprint density at radius 2 is 1.91 bits per heavy atom. The van der Waals surface area contributed by atoms with Gasteiger partial charge in [-0.25, -0.2) is 9.79 Å². The van der Waals surface area contributed by atoms with Crippen molar-refractivity contribution in [3.8, 4) is 11.5 Å². The number of hydrogen-bond donors (Lipinski definition) is 0. The maximum absolute atomic E-state index is 13.7. The van der Waals surface area contributed by atoms with E-state index in [1.807, 2.05) is 13.0 Å². The molecule has 2 heterocycles. The number of esters is 1. The predicted molar refractivity (Wildman–Crippen MR) is 136 cm³/mol. The number of carbonyl (C=O) groups is 1. The minimum absolute atomic E-state index is 0.233. The Labute approximate surface area is 215 Å². The van der Waals surface area contributed by atoms with Gasteiger partial charge in [0.2, 0.25) is 0 Å². The van der Waals surface area contributed by atoms with E-state index < -0.39 is 12.0 Å². The summed E-state index contributed by atoms with van der Waals surface area (Å²) in [5.74, 6) is 0.452.